The number of carbonyl (C=O) groups excluding carboxylic acids is 1. The van der Waals surface area contributed by atoms with Crippen molar-refractivity contribution in [2.24, 2.45) is 16.3 Å². The Bertz CT molecular complexity index is 454. The lowest BCUT2D eigenvalue weighted by Crippen LogP contribution is -2.53. The number of hydrogen-bond donors (Lipinski definition) is 3. The van der Waals surface area contributed by atoms with Gasteiger partial charge in [-0.1, -0.05) is 17.6 Å². The number of amidine groups is 1. The number of nitrogens with zero attached hydrogens (tertiary/aromatic N) is 2. The van der Waals surface area contributed by atoms with Crippen LogP contribution in [0.5, 0.6) is 0 Å². The quantitative estimate of drug-likeness (QED) is 0.314. The molecule has 1 aliphatic rings. The number of oxime groups is 1. The number of nitrogens with one attached hydrogen (secondary N) is 1. The fraction of sp³-hybridized carbons (Fsp3) is 0.417. The minimum Gasteiger partial charge on any atom is -0.409 e. The lowest BCUT2D eigenvalue weighted by molar-refractivity contribution is -0.131. The highest BCUT2D eigenvalue weighted by Gasteiger charge is 2.48. The zero-order valence-electron chi connectivity index (χ0n) is 9.97. The zero-order chi connectivity index (χ0) is 13.0. The van der Waals surface area contributed by atoms with E-state index in [2.05, 4.69) is 15.5 Å². The van der Waals surface area contributed by atoms with Gasteiger partial charge in [-0.25, -0.2) is 0 Å². The maximum atomic E-state index is 12.1. The summed E-state index contributed by atoms with van der Waals surface area (Å²) >= 11 is 0. The third-order valence-electron chi connectivity index (χ3n) is 3.40. The van der Waals surface area contributed by atoms with Gasteiger partial charge in [0.2, 0.25) is 5.91 Å². The standard InChI is InChI=1S/C12H16N4O2/c13-10(16-18)12(5-3-6-12)11(17)15-8-9-4-1-2-7-14-9/h1-2,4,7,18H,3,5-6,8H2,(H2,13,16)(H,15,17). The van der Waals surface area contributed by atoms with Crippen molar-refractivity contribution in [1.29, 1.82) is 0 Å². The Morgan fingerprint density at radius 2 is 2.33 bits per heavy atom. The number of carbonyl (C=O) groups is 1. The van der Waals surface area contributed by atoms with Crippen LogP contribution in [0.25, 0.3) is 0 Å². The summed E-state index contributed by atoms with van der Waals surface area (Å²) in [6.07, 6.45) is 3.82. The molecule has 1 aromatic heterocycles. The van der Waals surface area contributed by atoms with Crippen molar-refractivity contribution in [3.8, 4) is 0 Å². The summed E-state index contributed by atoms with van der Waals surface area (Å²) in [6, 6.07) is 5.50. The maximum absolute atomic E-state index is 12.1. The van der Waals surface area contributed by atoms with Crippen LogP contribution in [-0.4, -0.2) is 21.9 Å². The van der Waals surface area contributed by atoms with Crippen molar-refractivity contribution in [2.75, 3.05) is 0 Å². The Balaban J connectivity index is 1.99. The van der Waals surface area contributed by atoms with Crippen LogP contribution >= 0.6 is 0 Å². The van der Waals surface area contributed by atoms with Gasteiger partial charge in [0, 0.05) is 6.20 Å². The highest BCUT2D eigenvalue weighted by atomic mass is 16.4. The molecule has 0 atom stereocenters. The van der Waals surface area contributed by atoms with Gasteiger partial charge in [-0.3, -0.25) is 9.78 Å². The van der Waals surface area contributed by atoms with Crippen molar-refractivity contribution in [2.45, 2.75) is 25.8 Å². The average Bonchev–Trinajstić information content (AvgIpc) is 2.36. The van der Waals surface area contributed by atoms with Crippen molar-refractivity contribution in [3.05, 3.63) is 30.1 Å². The van der Waals surface area contributed by atoms with Crippen LogP contribution < -0.4 is 11.1 Å². The van der Waals surface area contributed by atoms with E-state index in [1.54, 1.807) is 6.20 Å². The molecule has 4 N–H and O–H groups in total. The predicted octanol–water partition coefficient (Wildman–Crippen LogP) is 0.614. The molecular formula is C12H16N4O2. The third kappa shape index (κ3) is 2.13. The normalized spacial score (nSPS) is 17.9. The molecule has 1 amide bonds. The van der Waals surface area contributed by atoms with E-state index in [1.807, 2.05) is 18.2 Å². The van der Waals surface area contributed by atoms with E-state index in [-0.39, 0.29) is 11.7 Å². The molecule has 0 spiro atoms. The predicted molar refractivity (Wildman–Crippen MR) is 65.8 cm³/mol. The average molecular weight is 248 g/mol. The van der Waals surface area contributed by atoms with E-state index < -0.39 is 5.41 Å². The number of hydrogen-bond acceptors (Lipinski definition) is 4. The van der Waals surface area contributed by atoms with E-state index >= 15 is 0 Å². The molecule has 1 saturated carbocycles. The first kappa shape index (κ1) is 12.3. The van der Waals surface area contributed by atoms with E-state index in [9.17, 15) is 4.79 Å². The summed E-state index contributed by atoms with van der Waals surface area (Å²) in [6.45, 7) is 0.347. The van der Waals surface area contributed by atoms with Crippen LogP contribution in [0.3, 0.4) is 0 Å². The van der Waals surface area contributed by atoms with Crippen LogP contribution in [0.1, 0.15) is 25.0 Å². The highest BCUT2D eigenvalue weighted by Crippen LogP contribution is 2.41. The molecule has 1 aliphatic carbocycles. The molecule has 1 heterocycles. The summed E-state index contributed by atoms with van der Waals surface area (Å²) in [7, 11) is 0. The van der Waals surface area contributed by atoms with Crippen LogP contribution in [0, 0.1) is 5.41 Å². The molecule has 0 saturated heterocycles. The first-order valence-electron chi connectivity index (χ1n) is 5.85. The van der Waals surface area contributed by atoms with Crippen molar-refractivity contribution < 1.29 is 10.0 Å². The topological polar surface area (TPSA) is 101 Å². The van der Waals surface area contributed by atoms with Crippen LogP contribution in [0.15, 0.2) is 29.6 Å². The summed E-state index contributed by atoms with van der Waals surface area (Å²) < 4.78 is 0. The Labute approximate surface area is 105 Å². The molecule has 0 radical (unpaired) electrons. The van der Waals surface area contributed by atoms with Crippen LogP contribution in [0.4, 0.5) is 0 Å². The molecule has 0 unspecified atom stereocenters. The van der Waals surface area contributed by atoms with Gasteiger partial charge in [-0.05, 0) is 25.0 Å². The fourth-order valence-corrected chi connectivity index (χ4v) is 2.07. The Kier molecular flexibility index (Phi) is 3.45. The Morgan fingerprint density at radius 1 is 1.56 bits per heavy atom. The van der Waals surface area contributed by atoms with E-state index in [4.69, 9.17) is 10.9 Å². The lowest BCUT2D eigenvalue weighted by atomic mass is 9.67. The highest BCUT2D eigenvalue weighted by molar-refractivity contribution is 6.07. The van der Waals surface area contributed by atoms with Gasteiger partial charge in [-0.2, -0.15) is 0 Å². The molecule has 1 fully saturated rings. The van der Waals surface area contributed by atoms with Crippen LogP contribution in [-0.2, 0) is 11.3 Å². The van der Waals surface area contributed by atoms with Gasteiger partial charge in [0.1, 0.15) is 5.41 Å². The Hall–Kier alpha value is -2.11. The molecule has 6 heteroatoms. The van der Waals surface area contributed by atoms with Crippen molar-refractivity contribution >= 4 is 11.7 Å². The maximum Gasteiger partial charge on any atom is 0.234 e. The van der Waals surface area contributed by atoms with Gasteiger partial charge in [0.05, 0.1) is 12.2 Å². The number of pyridine rings is 1. The zero-order valence-corrected chi connectivity index (χ0v) is 9.97. The smallest absolute Gasteiger partial charge is 0.234 e. The number of aromatic nitrogens is 1. The fourth-order valence-electron chi connectivity index (χ4n) is 2.07. The second kappa shape index (κ2) is 5.03. The molecule has 0 aromatic carbocycles. The lowest BCUT2D eigenvalue weighted by Gasteiger charge is -2.38. The van der Waals surface area contributed by atoms with Crippen LogP contribution in [0.2, 0.25) is 0 Å². The van der Waals surface area contributed by atoms with E-state index in [0.29, 0.717) is 19.4 Å². The monoisotopic (exact) mass is 248 g/mol. The molecule has 2 rings (SSSR count). The van der Waals surface area contributed by atoms with Gasteiger partial charge in [-0.15, -0.1) is 0 Å². The summed E-state index contributed by atoms with van der Waals surface area (Å²) in [5, 5.41) is 14.5. The second-order valence-electron chi connectivity index (χ2n) is 4.42. The molecule has 18 heavy (non-hydrogen) atoms. The van der Waals surface area contributed by atoms with Gasteiger partial charge in [0.15, 0.2) is 5.84 Å². The summed E-state index contributed by atoms with van der Waals surface area (Å²) in [5.41, 5.74) is 5.55. The van der Waals surface area contributed by atoms with E-state index in [0.717, 1.165) is 12.1 Å². The first-order valence-corrected chi connectivity index (χ1v) is 5.85. The molecule has 0 bridgehead atoms. The molecular weight excluding hydrogens is 232 g/mol. The summed E-state index contributed by atoms with van der Waals surface area (Å²) in [5.74, 6) is -0.207. The molecule has 1 aromatic rings. The minimum absolute atomic E-state index is 0.00716. The minimum atomic E-state index is -0.830. The van der Waals surface area contributed by atoms with E-state index in [1.165, 1.54) is 0 Å². The number of rotatable bonds is 4. The SMILES string of the molecule is N/C(=N/O)C1(C(=O)NCc2ccccn2)CCC1. The second-order valence-corrected chi connectivity index (χ2v) is 4.42. The molecule has 0 aliphatic heterocycles. The molecule has 6 nitrogen and oxygen atoms in total. The first-order chi connectivity index (χ1) is 8.69. The van der Waals surface area contributed by atoms with Gasteiger partial charge >= 0.3 is 0 Å². The Morgan fingerprint density at radius 3 is 2.83 bits per heavy atom. The number of amides is 1. The third-order valence-corrected chi connectivity index (χ3v) is 3.40. The van der Waals surface area contributed by atoms with Crippen molar-refractivity contribution in [3.63, 3.8) is 0 Å². The van der Waals surface area contributed by atoms with Crippen molar-refractivity contribution in [1.82, 2.24) is 10.3 Å². The van der Waals surface area contributed by atoms with Gasteiger partial charge < -0.3 is 16.3 Å². The summed E-state index contributed by atoms with van der Waals surface area (Å²) in [4.78, 5) is 16.2. The van der Waals surface area contributed by atoms with Gasteiger partial charge in [0.25, 0.3) is 0 Å². The largest absolute Gasteiger partial charge is 0.409 e. The molecule has 96 valence electrons. The number of nitrogens with two attached hydrogens (primary N) is 1.